The molecule has 12 heavy (non-hydrogen) atoms. The van der Waals surface area contributed by atoms with Crippen LogP contribution in [0.3, 0.4) is 0 Å². The minimum atomic E-state index is 0.291. The number of rotatable bonds is 6. The molecule has 0 aromatic rings. The highest BCUT2D eigenvalue weighted by Gasteiger charge is 2.09. The molecule has 0 saturated carbocycles. The number of nitrogens with two attached hydrogens (primary N) is 1. The van der Waals surface area contributed by atoms with E-state index in [9.17, 15) is 4.79 Å². The molecule has 0 bridgehead atoms. The fraction of sp³-hybridized carbons (Fsp3) is 0.900. The van der Waals surface area contributed by atoms with E-state index < -0.39 is 0 Å². The van der Waals surface area contributed by atoms with Crippen LogP contribution in [0.4, 0.5) is 0 Å². The Morgan fingerprint density at radius 1 is 1.25 bits per heavy atom. The molecule has 2 unspecified atom stereocenters. The number of hydrogen-bond donors (Lipinski definition) is 1. The van der Waals surface area contributed by atoms with Gasteiger partial charge in [-0.1, -0.05) is 20.8 Å². The Hall–Kier alpha value is -0.370. The van der Waals surface area contributed by atoms with Gasteiger partial charge in [0.1, 0.15) is 6.29 Å². The van der Waals surface area contributed by atoms with Crippen molar-refractivity contribution < 1.29 is 4.79 Å². The predicted molar refractivity (Wildman–Crippen MR) is 51.9 cm³/mol. The van der Waals surface area contributed by atoms with Crippen molar-refractivity contribution in [2.75, 3.05) is 0 Å². The van der Waals surface area contributed by atoms with Crippen molar-refractivity contribution in [3.63, 3.8) is 0 Å². The number of carbonyl (C=O) groups is 1. The first-order chi connectivity index (χ1) is 5.57. The molecule has 2 N–H and O–H groups in total. The third kappa shape index (κ3) is 5.30. The minimum absolute atomic E-state index is 0.291. The van der Waals surface area contributed by atoms with E-state index in [4.69, 9.17) is 5.73 Å². The molecular weight excluding hydrogens is 150 g/mol. The molecule has 0 aliphatic carbocycles. The highest BCUT2D eigenvalue weighted by Crippen LogP contribution is 2.13. The SMILES string of the molecule is CC(CC=O)CCC(N)C(C)C. The fourth-order valence-corrected chi connectivity index (χ4v) is 1.09. The molecule has 0 aliphatic rings. The molecule has 2 nitrogen and oxygen atoms in total. The molecule has 0 aliphatic heterocycles. The summed E-state index contributed by atoms with van der Waals surface area (Å²) in [7, 11) is 0. The average molecular weight is 171 g/mol. The summed E-state index contributed by atoms with van der Waals surface area (Å²) in [4.78, 5) is 10.2. The van der Waals surface area contributed by atoms with Crippen LogP contribution in [0.5, 0.6) is 0 Å². The van der Waals surface area contributed by atoms with Crippen molar-refractivity contribution in [3.8, 4) is 0 Å². The molecule has 0 fully saturated rings. The van der Waals surface area contributed by atoms with Crippen LogP contribution in [-0.2, 0) is 4.79 Å². The first-order valence-corrected chi connectivity index (χ1v) is 4.77. The highest BCUT2D eigenvalue weighted by molar-refractivity contribution is 5.49. The van der Waals surface area contributed by atoms with Crippen LogP contribution >= 0.6 is 0 Å². The maximum Gasteiger partial charge on any atom is 0.120 e. The van der Waals surface area contributed by atoms with Gasteiger partial charge >= 0.3 is 0 Å². The van der Waals surface area contributed by atoms with Gasteiger partial charge in [-0.2, -0.15) is 0 Å². The van der Waals surface area contributed by atoms with E-state index in [-0.39, 0.29) is 0 Å². The van der Waals surface area contributed by atoms with E-state index in [1.807, 2.05) is 0 Å². The van der Waals surface area contributed by atoms with Crippen molar-refractivity contribution in [3.05, 3.63) is 0 Å². The molecule has 0 heterocycles. The standard InChI is InChI=1S/C10H21NO/c1-8(2)10(11)5-4-9(3)6-7-12/h7-10H,4-6,11H2,1-3H3. The lowest BCUT2D eigenvalue weighted by Gasteiger charge is -2.17. The van der Waals surface area contributed by atoms with Gasteiger partial charge in [-0.3, -0.25) is 0 Å². The lowest BCUT2D eigenvalue weighted by Crippen LogP contribution is -2.26. The fourth-order valence-electron chi connectivity index (χ4n) is 1.09. The summed E-state index contributed by atoms with van der Waals surface area (Å²) in [5.74, 6) is 1.04. The zero-order chi connectivity index (χ0) is 9.56. The molecule has 0 amide bonds. The molecule has 72 valence electrons. The number of aldehydes is 1. The Morgan fingerprint density at radius 2 is 1.83 bits per heavy atom. The van der Waals surface area contributed by atoms with Crippen molar-refractivity contribution in [1.29, 1.82) is 0 Å². The zero-order valence-electron chi connectivity index (χ0n) is 8.42. The summed E-state index contributed by atoms with van der Waals surface area (Å²) in [6.07, 6.45) is 3.77. The monoisotopic (exact) mass is 171 g/mol. The van der Waals surface area contributed by atoms with E-state index in [2.05, 4.69) is 20.8 Å². The van der Waals surface area contributed by atoms with E-state index in [1.54, 1.807) is 0 Å². The van der Waals surface area contributed by atoms with Crippen LogP contribution in [0.15, 0.2) is 0 Å². The Labute approximate surface area is 75.5 Å². The Bertz CT molecular complexity index is 123. The Morgan fingerprint density at radius 3 is 2.25 bits per heavy atom. The summed E-state index contributed by atoms with van der Waals surface area (Å²) >= 11 is 0. The van der Waals surface area contributed by atoms with Crippen molar-refractivity contribution in [2.24, 2.45) is 17.6 Å². The third-order valence-corrected chi connectivity index (χ3v) is 2.35. The summed E-state index contributed by atoms with van der Waals surface area (Å²) in [5.41, 5.74) is 5.87. The zero-order valence-corrected chi connectivity index (χ0v) is 8.42. The second kappa shape index (κ2) is 6.18. The molecule has 2 heteroatoms. The van der Waals surface area contributed by atoms with E-state index in [0.717, 1.165) is 19.1 Å². The average Bonchev–Trinajstić information content (AvgIpc) is 2.00. The normalized spacial score (nSPS) is 16.1. The van der Waals surface area contributed by atoms with Crippen LogP contribution < -0.4 is 5.73 Å². The number of hydrogen-bond acceptors (Lipinski definition) is 2. The van der Waals surface area contributed by atoms with Crippen LogP contribution in [0.1, 0.15) is 40.0 Å². The summed E-state index contributed by atoms with van der Waals surface area (Å²) in [5, 5.41) is 0. The molecule has 0 rings (SSSR count). The lowest BCUT2D eigenvalue weighted by molar-refractivity contribution is -0.108. The van der Waals surface area contributed by atoms with Crippen LogP contribution in [0.25, 0.3) is 0 Å². The minimum Gasteiger partial charge on any atom is -0.327 e. The van der Waals surface area contributed by atoms with Gasteiger partial charge in [-0.15, -0.1) is 0 Å². The van der Waals surface area contributed by atoms with E-state index in [1.165, 1.54) is 0 Å². The largest absolute Gasteiger partial charge is 0.327 e. The smallest absolute Gasteiger partial charge is 0.120 e. The summed E-state index contributed by atoms with van der Waals surface area (Å²) in [6.45, 7) is 6.37. The van der Waals surface area contributed by atoms with Gasteiger partial charge in [-0.05, 0) is 24.7 Å². The van der Waals surface area contributed by atoms with Gasteiger partial charge in [0.2, 0.25) is 0 Å². The lowest BCUT2D eigenvalue weighted by atomic mass is 9.94. The van der Waals surface area contributed by atoms with Gasteiger partial charge in [0.15, 0.2) is 0 Å². The topological polar surface area (TPSA) is 43.1 Å². The van der Waals surface area contributed by atoms with Gasteiger partial charge < -0.3 is 10.5 Å². The van der Waals surface area contributed by atoms with Crippen molar-refractivity contribution >= 4 is 6.29 Å². The molecular formula is C10H21NO. The first-order valence-electron chi connectivity index (χ1n) is 4.77. The van der Waals surface area contributed by atoms with Gasteiger partial charge in [0.25, 0.3) is 0 Å². The quantitative estimate of drug-likeness (QED) is 0.621. The second-order valence-corrected chi connectivity index (χ2v) is 3.99. The van der Waals surface area contributed by atoms with E-state index >= 15 is 0 Å². The molecule has 0 radical (unpaired) electrons. The summed E-state index contributed by atoms with van der Waals surface area (Å²) < 4.78 is 0. The van der Waals surface area contributed by atoms with Gasteiger partial charge in [0.05, 0.1) is 0 Å². The maximum atomic E-state index is 10.2. The van der Waals surface area contributed by atoms with Crippen LogP contribution in [0, 0.1) is 11.8 Å². The highest BCUT2D eigenvalue weighted by atomic mass is 16.1. The first kappa shape index (κ1) is 11.6. The molecule has 0 spiro atoms. The molecule has 2 atom stereocenters. The second-order valence-electron chi connectivity index (χ2n) is 3.99. The Balaban J connectivity index is 3.46. The Kier molecular flexibility index (Phi) is 5.99. The van der Waals surface area contributed by atoms with Crippen molar-refractivity contribution in [1.82, 2.24) is 0 Å². The molecule has 0 saturated heterocycles. The summed E-state index contributed by atoms with van der Waals surface area (Å²) in [6, 6.07) is 0.291. The van der Waals surface area contributed by atoms with Gasteiger partial charge in [0, 0.05) is 12.5 Å². The predicted octanol–water partition coefficient (Wildman–Crippen LogP) is 1.98. The number of carbonyl (C=O) groups excluding carboxylic acids is 1. The van der Waals surface area contributed by atoms with Gasteiger partial charge in [-0.25, -0.2) is 0 Å². The molecule has 0 aromatic carbocycles. The van der Waals surface area contributed by atoms with Crippen molar-refractivity contribution in [2.45, 2.75) is 46.1 Å². The van der Waals surface area contributed by atoms with Crippen LogP contribution in [0.2, 0.25) is 0 Å². The molecule has 0 aromatic heterocycles. The maximum absolute atomic E-state index is 10.2. The van der Waals surface area contributed by atoms with Crippen LogP contribution in [-0.4, -0.2) is 12.3 Å². The van der Waals surface area contributed by atoms with E-state index in [0.29, 0.717) is 24.3 Å². The third-order valence-electron chi connectivity index (χ3n) is 2.35.